The van der Waals surface area contributed by atoms with E-state index in [9.17, 15) is 14.7 Å². The van der Waals surface area contributed by atoms with Crippen molar-refractivity contribution in [3.8, 4) is 0 Å². The molecule has 1 spiro atoms. The lowest BCUT2D eigenvalue weighted by molar-refractivity contribution is -0.169. The molecule has 2 heterocycles. The lowest BCUT2D eigenvalue weighted by atomic mass is 9.63. The summed E-state index contributed by atoms with van der Waals surface area (Å²) in [5.41, 5.74) is -1.92. The van der Waals surface area contributed by atoms with Crippen LogP contribution in [0.2, 0.25) is 0 Å². The van der Waals surface area contributed by atoms with Gasteiger partial charge in [0.2, 0.25) is 5.60 Å². The van der Waals surface area contributed by atoms with E-state index in [0.717, 1.165) is 11.3 Å². The predicted molar refractivity (Wildman–Crippen MR) is 126 cm³/mol. The third kappa shape index (κ3) is 2.64. The van der Waals surface area contributed by atoms with E-state index in [1.807, 2.05) is 72.7 Å². The highest BCUT2D eigenvalue weighted by molar-refractivity contribution is 6.00. The number of allylic oxidation sites excluding steroid dienone is 1. The van der Waals surface area contributed by atoms with Crippen LogP contribution >= 0.6 is 0 Å². The topological polar surface area (TPSA) is 76.1 Å². The van der Waals surface area contributed by atoms with Crippen molar-refractivity contribution in [3.63, 3.8) is 0 Å². The molecule has 34 heavy (non-hydrogen) atoms. The number of hydroxylamine groups is 1. The summed E-state index contributed by atoms with van der Waals surface area (Å²) in [6.07, 6.45) is 4.01. The van der Waals surface area contributed by atoms with Crippen LogP contribution in [0.15, 0.2) is 72.8 Å². The fourth-order valence-electron chi connectivity index (χ4n) is 6.76. The first-order valence-electron chi connectivity index (χ1n) is 12.1. The molecular formula is C28H29NO5. The van der Waals surface area contributed by atoms with Gasteiger partial charge in [-0.05, 0) is 55.5 Å². The second-order valence-electron chi connectivity index (χ2n) is 10.4. The predicted octanol–water partition coefficient (Wildman–Crippen LogP) is 4.16. The van der Waals surface area contributed by atoms with Crippen molar-refractivity contribution in [1.29, 1.82) is 0 Å². The van der Waals surface area contributed by atoms with Gasteiger partial charge in [0.15, 0.2) is 5.78 Å². The van der Waals surface area contributed by atoms with Crippen LogP contribution in [0, 0.1) is 17.3 Å². The molecule has 2 aliphatic heterocycles. The molecule has 0 bridgehead atoms. The quantitative estimate of drug-likeness (QED) is 0.680. The maximum atomic E-state index is 13.7. The minimum absolute atomic E-state index is 0.155. The Hall–Kier alpha value is -2.96. The van der Waals surface area contributed by atoms with Gasteiger partial charge in [-0.1, -0.05) is 55.5 Å². The average molecular weight is 460 g/mol. The lowest BCUT2D eigenvalue weighted by Crippen LogP contribution is -2.57. The van der Waals surface area contributed by atoms with Crippen molar-refractivity contribution < 1.29 is 24.3 Å². The number of anilines is 1. The van der Waals surface area contributed by atoms with Gasteiger partial charge in [0.25, 0.3) is 0 Å². The number of rotatable bonds is 2. The fraction of sp³-hybridized carbons (Fsp3) is 0.429. The summed E-state index contributed by atoms with van der Waals surface area (Å²) in [5.74, 6) is -1.15. The molecule has 6 rings (SSSR count). The fourth-order valence-corrected chi connectivity index (χ4v) is 6.76. The number of ether oxygens (including phenoxy) is 1. The van der Waals surface area contributed by atoms with Crippen molar-refractivity contribution in [2.24, 2.45) is 17.3 Å². The smallest absolute Gasteiger partial charge is 0.342 e. The highest BCUT2D eigenvalue weighted by Gasteiger charge is 2.74. The van der Waals surface area contributed by atoms with Crippen LogP contribution < -0.4 is 5.06 Å². The van der Waals surface area contributed by atoms with Crippen LogP contribution in [0.3, 0.4) is 0 Å². The average Bonchev–Trinajstić information content (AvgIpc) is 3.45. The number of para-hydroxylation sites is 1. The van der Waals surface area contributed by atoms with Gasteiger partial charge < -0.3 is 9.84 Å². The van der Waals surface area contributed by atoms with Crippen LogP contribution in [0.25, 0.3) is 0 Å². The van der Waals surface area contributed by atoms with Gasteiger partial charge in [-0.2, -0.15) is 0 Å². The first-order chi connectivity index (χ1) is 16.3. The number of carbonyl (C=O) groups is 2. The molecule has 4 aliphatic rings. The van der Waals surface area contributed by atoms with E-state index < -0.39 is 28.7 Å². The van der Waals surface area contributed by atoms with Crippen molar-refractivity contribution in [2.45, 2.75) is 56.5 Å². The summed E-state index contributed by atoms with van der Waals surface area (Å²) in [7, 11) is 0. The Bertz CT molecular complexity index is 1120. The molecule has 2 saturated heterocycles. The first-order valence-corrected chi connectivity index (χ1v) is 12.1. The van der Waals surface area contributed by atoms with Gasteiger partial charge in [0.05, 0.1) is 17.1 Å². The zero-order valence-corrected chi connectivity index (χ0v) is 19.4. The summed E-state index contributed by atoms with van der Waals surface area (Å²) in [6.45, 7) is 3.72. The number of nitrogens with zero attached hydrogens (tertiary/aromatic N) is 1. The van der Waals surface area contributed by atoms with Gasteiger partial charge in [-0.15, -0.1) is 0 Å². The second-order valence-corrected chi connectivity index (χ2v) is 10.4. The van der Waals surface area contributed by atoms with E-state index in [4.69, 9.17) is 9.57 Å². The summed E-state index contributed by atoms with van der Waals surface area (Å²) in [6, 6.07) is 19.6. The van der Waals surface area contributed by atoms with Crippen LogP contribution in [0.1, 0.15) is 44.7 Å². The van der Waals surface area contributed by atoms with Gasteiger partial charge in [0, 0.05) is 12.3 Å². The lowest BCUT2D eigenvalue weighted by Gasteiger charge is -2.43. The molecule has 0 amide bonds. The highest BCUT2D eigenvalue weighted by Crippen LogP contribution is 2.61. The maximum absolute atomic E-state index is 13.7. The van der Waals surface area contributed by atoms with Crippen LogP contribution in [-0.2, 0) is 19.2 Å². The number of fused-ring (bicyclic) bond motifs is 4. The van der Waals surface area contributed by atoms with Gasteiger partial charge >= 0.3 is 5.97 Å². The molecule has 3 fully saturated rings. The number of esters is 1. The SMILES string of the molecule is C[C@H]1CC[C@@H]2[C@@H](OC(=O)C23C[C@H](c2ccccc2)N(c2ccccc2)O3)[C@]2(C)C(=O)C=C[C@@]12O. The van der Waals surface area contributed by atoms with Crippen molar-refractivity contribution in [3.05, 3.63) is 78.4 Å². The van der Waals surface area contributed by atoms with Gasteiger partial charge in [-0.3, -0.25) is 9.63 Å². The number of aliphatic hydroxyl groups is 1. The number of benzene rings is 2. The molecule has 2 aromatic rings. The van der Waals surface area contributed by atoms with Gasteiger partial charge in [0.1, 0.15) is 11.7 Å². The molecule has 176 valence electrons. The Kier molecular flexibility index (Phi) is 4.61. The standard InChI is InChI=1S/C28H29NO5/c1-18-13-14-21-24(26(2)23(30)15-16-28(18,26)32)33-25(31)27(21)17-22(19-9-5-3-6-10-19)29(34-27)20-11-7-4-8-12-20/h3-12,15-16,18,21-22,24,32H,13-14,17H2,1-2H3/t18-,21+,22+,24+,26-,27?,28+/m0/s1. The first kappa shape index (κ1) is 21.6. The van der Waals surface area contributed by atoms with E-state index >= 15 is 0 Å². The minimum Gasteiger partial charge on any atom is -0.459 e. The Balaban J connectivity index is 1.46. The Morgan fingerprint density at radius 3 is 2.38 bits per heavy atom. The molecule has 1 N–H and O–H groups in total. The van der Waals surface area contributed by atoms with Crippen LogP contribution in [0.4, 0.5) is 5.69 Å². The van der Waals surface area contributed by atoms with Crippen molar-refractivity contribution in [1.82, 2.24) is 0 Å². The Morgan fingerprint density at radius 2 is 1.68 bits per heavy atom. The number of hydrogen-bond donors (Lipinski definition) is 1. The van der Waals surface area contributed by atoms with E-state index in [1.54, 1.807) is 13.0 Å². The summed E-state index contributed by atoms with van der Waals surface area (Å²) < 4.78 is 6.04. The van der Waals surface area contributed by atoms with E-state index in [-0.39, 0.29) is 23.7 Å². The molecule has 1 unspecified atom stereocenters. The third-order valence-electron chi connectivity index (χ3n) is 8.84. The highest BCUT2D eigenvalue weighted by atomic mass is 16.7. The molecule has 7 atom stereocenters. The van der Waals surface area contributed by atoms with E-state index in [2.05, 4.69) is 0 Å². The van der Waals surface area contributed by atoms with Crippen LogP contribution in [-0.4, -0.2) is 34.2 Å². The number of carbonyl (C=O) groups excluding carboxylic acids is 2. The minimum atomic E-state index is -1.36. The van der Waals surface area contributed by atoms with Crippen molar-refractivity contribution in [2.75, 3.05) is 5.06 Å². The largest absolute Gasteiger partial charge is 0.459 e. The second kappa shape index (κ2) is 7.27. The van der Waals surface area contributed by atoms with Gasteiger partial charge in [-0.25, -0.2) is 9.86 Å². The molecule has 2 aromatic carbocycles. The molecule has 0 aromatic heterocycles. The Labute approximate surface area is 199 Å². The zero-order valence-electron chi connectivity index (χ0n) is 19.4. The molecule has 2 aliphatic carbocycles. The molecule has 6 heteroatoms. The molecule has 6 nitrogen and oxygen atoms in total. The van der Waals surface area contributed by atoms with Crippen LogP contribution in [0.5, 0.6) is 0 Å². The summed E-state index contributed by atoms with van der Waals surface area (Å²) in [4.78, 5) is 33.5. The monoisotopic (exact) mass is 459 g/mol. The van der Waals surface area contributed by atoms with E-state index in [1.165, 1.54) is 6.08 Å². The normalized spacial score (nSPS) is 40.9. The Morgan fingerprint density at radius 1 is 1.00 bits per heavy atom. The van der Waals surface area contributed by atoms with Crippen molar-refractivity contribution >= 4 is 17.4 Å². The molecular weight excluding hydrogens is 430 g/mol. The number of hydrogen-bond acceptors (Lipinski definition) is 6. The summed E-state index contributed by atoms with van der Waals surface area (Å²) >= 11 is 0. The molecule has 0 radical (unpaired) electrons. The molecule has 1 saturated carbocycles. The maximum Gasteiger partial charge on any atom is 0.342 e. The zero-order chi connectivity index (χ0) is 23.7. The summed E-state index contributed by atoms with van der Waals surface area (Å²) in [5, 5.41) is 13.5. The number of ketones is 1. The van der Waals surface area contributed by atoms with E-state index in [0.29, 0.717) is 19.3 Å². The third-order valence-corrected chi connectivity index (χ3v) is 8.84.